The number of rotatable bonds is 7. The summed E-state index contributed by atoms with van der Waals surface area (Å²) in [5.41, 5.74) is 0.314. The molecule has 4 nitrogen and oxygen atoms in total. The lowest BCUT2D eigenvalue weighted by Crippen LogP contribution is -2.42. The molecule has 1 atom stereocenters. The first-order valence-electron chi connectivity index (χ1n) is 7.31. The fourth-order valence-corrected chi connectivity index (χ4v) is 2.14. The molecule has 2 rings (SSSR count). The molecule has 1 unspecified atom stereocenters. The fourth-order valence-electron chi connectivity index (χ4n) is 2.14. The van der Waals surface area contributed by atoms with E-state index in [9.17, 15) is 5.26 Å². The van der Waals surface area contributed by atoms with Crippen LogP contribution in [0.5, 0.6) is 5.75 Å². The first kappa shape index (κ1) is 15.3. The Balaban J connectivity index is 2.00. The summed E-state index contributed by atoms with van der Waals surface area (Å²) in [4.78, 5) is 4.36. The van der Waals surface area contributed by atoms with Crippen LogP contribution in [0.15, 0.2) is 36.5 Å². The van der Waals surface area contributed by atoms with Gasteiger partial charge >= 0.3 is 0 Å². The Bertz CT molecular complexity index is 630. The minimum atomic E-state index is -0.548. The van der Waals surface area contributed by atoms with Gasteiger partial charge in [-0.25, -0.2) is 0 Å². The van der Waals surface area contributed by atoms with Gasteiger partial charge in [-0.3, -0.25) is 10.3 Å². The van der Waals surface area contributed by atoms with E-state index < -0.39 is 5.54 Å². The van der Waals surface area contributed by atoms with E-state index in [4.69, 9.17) is 4.74 Å². The van der Waals surface area contributed by atoms with Crippen LogP contribution in [-0.2, 0) is 0 Å². The van der Waals surface area contributed by atoms with Crippen molar-refractivity contribution in [3.63, 3.8) is 0 Å². The van der Waals surface area contributed by atoms with E-state index in [0.717, 1.165) is 29.6 Å². The summed E-state index contributed by atoms with van der Waals surface area (Å²) in [6.07, 6.45) is 3.40. The first-order valence-corrected chi connectivity index (χ1v) is 7.31. The van der Waals surface area contributed by atoms with Crippen LogP contribution in [0.3, 0.4) is 0 Å². The van der Waals surface area contributed by atoms with Gasteiger partial charge in [0.15, 0.2) is 0 Å². The molecular formula is C17H21N3O. The zero-order valence-electron chi connectivity index (χ0n) is 12.6. The molecule has 110 valence electrons. The summed E-state index contributed by atoms with van der Waals surface area (Å²) in [6.45, 7) is 5.31. The zero-order valence-corrected chi connectivity index (χ0v) is 12.6. The number of hydrogen-bond acceptors (Lipinski definition) is 4. The lowest BCUT2D eigenvalue weighted by Gasteiger charge is -2.23. The predicted molar refractivity (Wildman–Crippen MR) is 84.2 cm³/mol. The van der Waals surface area contributed by atoms with Crippen LogP contribution in [-0.4, -0.2) is 23.7 Å². The topological polar surface area (TPSA) is 57.9 Å². The Hall–Kier alpha value is -2.12. The van der Waals surface area contributed by atoms with Gasteiger partial charge in [0.05, 0.1) is 12.7 Å². The Morgan fingerprint density at radius 1 is 1.33 bits per heavy atom. The standard InChI is InChI=1S/C17H21N3O/c1-3-10-20-17(2,13-18)9-12-21-15-8-4-6-14-7-5-11-19-16(14)15/h4-8,11,20H,3,9-10,12H2,1-2H3. The monoisotopic (exact) mass is 283 g/mol. The third-order valence-corrected chi connectivity index (χ3v) is 3.47. The molecule has 0 aliphatic carbocycles. The lowest BCUT2D eigenvalue weighted by atomic mass is 10.0. The smallest absolute Gasteiger partial charge is 0.145 e. The normalized spacial score (nSPS) is 13.6. The highest BCUT2D eigenvalue weighted by atomic mass is 16.5. The molecule has 0 saturated heterocycles. The number of hydrogen-bond donors (Lipinski definition) is 1. The van der Waals surface area contributed by atoms with Gasteiger partial charge in [0, 0.05) is 18.0 Å². The number of ether oxygens (including phenoxy) is 1. The van der Waals surface area contributed by atoms with Gasteiger partial charge in [-0.05, 0) is 32.0 Å². The minimum Gasteiger partial charge on any atom is -0.491 e. The SMILES string of the molecule is CCCNC(C)(C#N)CCOc1cccc2cccnc12. The molecule has 1 aromatic carbocycles. The minimum absolute atomic E-state index is 0.483. The number of nitriles is 1. The average Bonchev–Trinajstić information content (AvgIpc) is 2.53. The predicted octanol–water partition coefficient (Wildman–Crippen LogP) is 3.29. The van der Waals surface area contributed by atoms with Crippen molar-refractivity contribution >= 4 is 10.9 Å². The van der Waals surface area contributed by atoms with E-state index in [1.165, 1.54) is 0 Å². The highest BCUT2D eigenvalue weighted by Crippen LogP contribution is 2.23. The molecule has 2 aromatic rings. The summed E-state index contributed by atoms with van der Waals surface area (Å²) < 4.78 is 5.84. The largest absolute Gasteiger partial charge is 0.491 e. The Kier molecular flexibility index (Phi) is 5.13. The number of pyridine rings is 1. The molecule has 1 N–H and O–H groups in total. The van der Waals surface area contributed by atoms with Crippen molar-refractivity contribution in [3.8, 4) is 11.8 Å². The second-order valence-electron chi connectivity index (χ2n) is 5.30. The second kappa shape index (κ2) is 7.05. The molecule has 0 radical (unpaired) electrons. The van der Waals surface area contributed by atoms with E-state index in [1.54, 1.807) is 6.20 Å². The maximum Gasteiger partial charge on any atom is 0.145 e. The van der Waals surface area contributed by atoms with E-state index in [-0.39, 0.29) is 0 Å². The highest BCUT2D eigenvalue weighted by molar-refractivity contribution is 5.84. The zero-order chi connectivity index (χ0) is 15.1. The van der Waals surface area contributed by atoms with Crippen molar-refractivity contribution in [1.82, 2.24) is 10.3 Å². The van der Waals surface area contributed by atoms with Crippen LogP contribution in [0, 0.1) is 11.3 Å². The van der Waals surface area contributed by atoms with Crippen molar-refractivity contribution in [2.75, 3.05) is 13.2 Å². The third-order valence-electron chi connectivity index (χ3n) is 3.47. The van der Waals surface area contributed by atoms with Crippen LogP contribution >= 0.6 is 0 Å². The van der Waals surface area contributed by atoms with Crippen LogP contribution in [0.2, 0.25) is 0 Å². The average molecular weight is 283 g/mol. The number of para-hydroxylation sites is 1. The van der Waals surface area contributed by atoms with Crippen molar-refractivity contribution in [2.24, 2.45) is 0 Å². The van der Waals surface area contributed by atoms with E-state index >= 15 is 0 Å². The number of benzene rings is 1. The number of aromatic nitrogens is 1. The molecule has 0 spiro atoms. The van der Waals surface area contributed by atoms with Gasteiger partial charge in [0.1, 0.15) is 16.8 Å². The Morgan fingerprint density at radius 3 is 2.90 bits per heavy atom. The van der Waals surface area contributed by atoms with Crippen LogP contribution in [0.1, 0.15) is 26.7 Å². The molecule has 0 saturated carbocycles. The van der Waals surface area contributed by atoms with Crippen molar-refractivity contribution in [2.45, 2.75) is 32.2 Å². The van der Waals surface area contributed by atoms with Crippen LogP contribution in [0.25, 0.3) is 10.9 Å². The van der Waals surface area contributed by atoms with Crippen molar-refractivity contribution < 1.29 is 4.74 Å². The summed E-state index contributed by atoms with van der Waals surface area (Å²) in [5.74, 6) is 0.767. The quantitative estimate of drug-likeness (QED) is 0.847. The fraction of sp³-hybridized carbons (Fsp3) is 0.412. The molecule has 0 bridgehead atoms. The van der Waals surface area contributed by atoms with Crippen molar-refractivity contribution in [1.29, 1.82) is 5.26 Å². The highest BCUT2D eigenvalue weighted by Gasteiger charge is 2.22. The molecule has 21 heavy (non-hydrogen) atoms. The van der Waals surface area contributed by atoms with Gasteiger partial charge in [0.25, 0.3) is 0 Å². The third kappa shape index (κ3) is 3.93. The second-order valence-corrected chi connectivity index (χ2v) is 5.30. The van der Waals surface area contributed by atoms with E-state index in [2.05, 4.69) is 23.3 Å². The van der Waals surface area contributed by atoms with Crippen molar-refractivity contribution in [3.05, 3.63) is 36.5 Å². The molecule has 0 aliphatic heterocycles. The molecule has 0 amide bonds. The molecule has 0 fully saturated rings. The van der Waals surface area contributed by atoms with Gasteiger partial charge in [-0.2, -0.15) is 5.26 Å². The van der Waals surface area contributed by atoms with Gasteiger partial charge in [-0.15, -0.1) is 0 Å². The van der Waals surface area contributed by atoms with E-state index in [0.29, 0.717) is 13.0 Å². The number of nitrogens with one attached hydrogen (secondary N) is 1. The maximum atomic E-state index is 9.30. The number of nitrogens with zero attached hydrogens (tertiary/aromatic N) is 2. The summed E-state index contributed by atoms with van der Waals surface area (Å²) in [6, 6.07) is 12.1. The van der Waals surface area contributed by atoms with Crippen LogP contribution < -0.4 is 10.1 Å². The molecule has 1 heterocycles. The molecular weight excluding hydrogens is 262 g/mol. The number of fused-ring (bicyclic) bond motifs is 1. The summed E-state index contributed by atoms with van der Waals surface area (Å²) in [5, 5.41) is 13.6. The first-order chi connectivity index (χ1) is 10.2. The summed E-state index contributed by atoms with van der Waals surface area (Å²) in [7, 11) is 0. The Morgan fingerprint density at radius 2 is 2.14 bits per heavy atom. The van der Waals surface area contributed by atoms with Gasteiger partial charge in [-0.1, -0.05) is 25.1 Å². The maximum absolute atomic E-state index is 9.30. The van der Waals surface area contributed by atoms with Crippen LogP contribution in [0.4, 0.5) is 0 Å². The molecule has 0 aliphatic rings. The van der Waals surface area contributed by atoms with Gasteiger partial charge in [0.2, 0.25) is 0 Å². The van der Waals surface area contributed by atoms with E-state index in [1.807, 2.05) is 37.3 Å². The Labute approximate surface area is 125 Å². The molecule has 4 heteroatoms. The molecule has 1 aromatic heterocycles. The summed E-state index contributed by atoms with van der Waals surface area (Å²) >= 11 is 0. The van der Waals surface area contributed by atoms with Gasteiger partial charge < -0.3 is 4.74 Å². The lowest BCUT2D eigenvalue weighted by molar-refractivity contribution is 0.269.